The Morgan fingerprint density at radius 2 is 1.97 bits per heavy atom. The molecule has 0 spiro atoms. The van der Waals surface area contributed by atoms with Crippen LogP contribution in [0.5, 0.6) is 0 Å². The molecule has 0 atom stereocenters. The first-order chi connectivity index (χ1) is 14.1. The fourth-order valence-electron chi connectivity index (χ4n) is 3.14. The summed E-state index contributed by atoms with van der Waals surface area (Å²) < 4.78 is 3.54. The summed E-state index contributed by atoms with van der Waals surface area (Å²) in [4.78, 5) is 30.0. The molecule has 4 rings (SSSR count). The van der Waals surface area contributed by atoms with Gasteiger partial charge >= 0.3 is 0 Å². The molecule has 8 nitrogen and oxygen atoms in total. The fourth-order valence-corrected chi connectivity index (χ4v) is 3.76. The minimum atomic E-state index is -0.327. The van der Waals surface area contributed by atoms with E-state index in [1.54, 1.807) is 19.2 Å². The zero-order chi connectivity index (χ0) is 20.4. The predicted molar refractivity (Wildman–Crippen MR) is 112 cm³/mol. The van der Waals surface area contributed by atoms with Gasteiger partial charge in [0.05, 0.1) is 22.5 Å². The van der Waals surface area contributed by atoms with Crippen molar-refractivity contribution < 1.29 is 9.59 Å². The van der Waals surface area contributed by atoms with Gasteiger partial charge in [-0.25, -0.2) is 4.98 Å². The van der Waals surface area contributed by atoms with E-state index < -0.39 is 0 Å². The molecular weight excluding hydrogens is 388 g/mol. The van der Waals surface area contributed by atoms with E-state index in [1.165, 1.54) is 16.0 Å². The van der Waals surface area contributed by atoms with Crippen molar-refractivity contribution in [1.29, 1.82) is 0 Å². The number of amides is 2. The standard InChI is InChI=1S/C20H20N6O2S/c1-3-26-15-8-5-4-7-13(15)22-18(26)12-21-19(27)14-11-17(25(2)24-14)23-20(28)16-9-6-10-29-16/h4-11H,3,12H2,1-2H3,(H,21,27)(H,23,28). The van der Waals surface area contributed by atoms with Gasteiger partial charge in [-0.2, -0.15) is 5.10 Å². The first kappa shape index (κ1) is 18.9. The molecule has 0 fully saturated rings. The first-order valence-electron chi connectivity index (χ1n) is 9.18. The topological polar surface area (TPSA) is 93.8 Å². The minimum Gasteiger partial charge on any atom is -0.343 e. The number of aryl methyl sites for hydroxylation is 2. The number of carbonyl (C=O) groups is 2. The highest BCUT2D eigenvalue weighted by molar-refractivity contribution is 7.12. The largest absolute Gasteiger partial charge is 0.343 e. The quantitative estimate of drug-likeness (QED) is 0.513. The average Bonchev–Trinajstić information content (AvgIpc) is 3.45. The number of hydrogen-bond donors (Lipinski definition) is 2. The summed E-state index contributed by atoms with van der Waals surface area (Å²) in [6.45, 7) is 3.09. The number of rotatable bonds is 6. The third kappa shape index (κ3) is 3.77. The van der Waals surface area contributed by atoms with Gasteiger partial charge in [-0.05, 0) is 30.5 Å². The van der Waals surface area contributed by atoms with Gasteiger partial charge in [-0.1, -0.05) is 18.2 Å². The number of imidazole rings is 1. The van der Waals surface area contributed by atoms with Gasteiger partial charge in [0.1, 0.15) is 11.6 Å². The Hall–Kier alpha value is -3.46. The monoisotopic (exact) mass is 408 g/mol. The van der Waals surface area contributed by atoms with Crippen molar-refractivity contribution in [3.8, 4) is 0 Å². The van der Waals surface area contributed by atoms with E-state index in [2.05, 4.69) is 25.3 Å². The summed E-state index contributed by atoms with van der Waals surface area (Å²) in [6, 6.07) is 13.0. The van der Waals surface area contributed by atoms with Gasteiger partial charge in [0.15, 0.2) is 5.69 Å². The summed E-state index contributed by atoms with van der Waals surface area (Å²) in [6.07, 6.45) is 0. The smallest absolute Gasteiger partial charge is 0.272 e. The van der Waals surface area contributed by atoms with Crippen LogP contribution in [0, 0.1) is 0 Å². The maximum absolute atomic E-state index is 12.6. The Kier molecular flexibility index (Phi) is 5.13. The molecule has 0 unspecified atom stereocenters. The summed E-state index contributed by atoms with van der Waals surface area (Å²) in [5.41, 5.74) is 2.17. The SMILES string of the molecule is CCn1c(CNC(=O)c2cc(NC(=O)c3cccs3)n(C)n2)nc2ccccc21. The summed E-state index contributed by atoms with van der Waals surface area (Å²) in [5, 5.41) is 11.7. The Balaban J connectivity index is 1.46. The number of para-hydroxylation sites is 2. The van der Waals surface area contributed by atoms with E-state index in [9.17, 15) is 9.59 Å². The zero-order valence-corrected chi connectivity index (χ0v) is 16.9. The molecule has 3 aromatic heterocycles. The van der Waals surface area contributed by atoms with Crippen molar-refractivity contribution in [2.45, 2.75) is 20.0 Å². The van der Waals surface area contributed by atoms with Crippen LogP contribution >= 0.6 is 11.3 Å². The minimum absolute atomic E-state index is 0.230. The number of carbonyl (C=O) groups excluding carboxylic acids is 2. The second-order valence-corrected chi connectivity index (χ2v) is 7.36. The number of fused-ring (bicyclic) bond motifs is 1. The van der Waals surface area contributed by atoms with Crippen LogP contribution in [0.15, 0.2) is 47.8 Å². The molecule has 2 amide bonds. The van der Waals surface area contributed by atoms with Crippen molar-refractivity contribution in [2.75, 3.05) is 5.32 Å². The van der Waals surface area contributed by atoms with Crippen LogP contribution in [-0.4, -0.2) is 31.1 Å². The number of aromatic nitrogens is 4. The number of hydrogen-bond acceptors (Lipinski definition) is 5. The highest BCUT2D eigenvalue weighted by Crippen LogP contribution is 2.17. The molecule has 9 heteroatoms. The van der Waals surface area contributed by atoms with E-state index in [4.69, 9.17) is 0 Å². The summed E-state index contributed by atoms with van der Waals surface area (Å²) >= 11 is 1.35. The van der Waals surface area contributed by atoms with E-state index >= 15 is 0 Å². The molecule has 4 aromatic rings. The highest BCUT2D eigenvalue weighted by atomic mass is 32.1. The van der Waals surface area contributed by atoms with Crippen molar-refractivity contribution >= 4 is 40.0 Å². The van der Waals surface area contributed by atoms with Gasteiger partial charge in [0, 0.05) is 19.7 Å². The Morgan fingerprint density at radius 1 is 1.14 bits per heavy atom. The second kappa shape index (κ2) is 7.88. The number of benzene rings is 1. The van der Waals surface area contributed by atoms with E-state index in [0.29, 0.717) is 10.7 Å². The maximum atomic E-state index is 12.6. The molecule has 0 bridgehead atoms. The molecule has 0 saturated carbocycles. The lowest BCUT2D eigenvalue weighted by Crippen LogP contribution is -2.25. The van der Waals surface area contributed by atoms with Gasteiger partial charge in [0.2, 0.25) is 0 Å². The second-order valence-electron chi connectivity index (χ2n) is 6.41. The summed E-state index contributed by atoms with van der Waals surface area (Å²) in [7, 11) is 1.68. The van der Waals surface area contributed by atoms with Crippen LogP contribution in [0.25, 0.3) is 11.0 Å². The molecule has 3 heterocycles. The van der Waals surface area contributed by atoms with E-state index in [1.807, 2.05) is 42.6 Å². The number of thiophene rings is 1. The van der Waals surface area contributed by atoms with Crippen LogP contribution in [0.3, 0.4) is 0 Å². The van der Waals surface area contributed by atoms with Crippen LogP contribution in [0.4, 0.5) is 5.82 Å². The van der Waals surface area contributed by atoms with Crippen molar-refractivity contribution in [2.24, 2.45) is 7.05 Å². The number of nitrogens with zero attached hydrogens (tertiary/aromatic N) is 4. The van der Waals surface area contributed by atoms with Crippen LogP contribution in [0.2, 0.25) is 0 Å². The molecule has 0 aliphatic rings. The molecular formula is C20H20N6O2S. The molecule has 1 aromatic carbocycles. The number of anilines is 1. The lowest BCUT2D eigenvalue weighted by atomic mass is 10.3. The molecule has 29 heavy (non-hydrogen) atoms. The Labute approximate surface area is 171 Å². The lowest BCUT2D eigenvalue weighted by Gasteiger charge is -2.06. The fraction of sp³-hybridized carbons (Fsp3) is 0.200. The van der Waals surface area contributed by atoms with Crippen molar-refractivity contribution in [1.82, 2.24) is 24.6 Å². The first-order valence-corrected chi connectivity index (χ1v) is 10.1. The molecule has 148 valence electrons. The van der Waals surface area contributed by atoms with Crippen molar-refractivity contribution in [3.05, 3.63) is 64.2 Å². The van der Waals surface area contributed by atoms with Crippen LogP contribution in [0.1, 0.15) is 32.9 Å². The normalized spacial score (nSPS) is 11.0. The van der Waals surface area contributed by atoms with Gasteiger partial charge in [-0.15, -0.1) is 11.3 Å². The van der Waals surface area contributed by atoms with Gasteiger partial charge in [-0.3, -0.25) is 14.3 Å². The Bertz CT molecular complexity index is 1180. The van der Waals surface area contributed by atoms with Crippen LogP contribution in [-0.2, 0) is 20.1 Å². The molecule has 0 radical (unpaired) electrons. The Morgan fingerprint density at radius 3 is 2.72 bits per heavy atom. The number of nitrogens with one attached hydrogen (secondary N) is 2. The zero-order valence-electron chi connectivity index (χ0n) is 16.0. The average molecular weight is 408 g/mol. The van der Waals surface area contributed by atoms with Crippen molar-refractivity contribution in [3.63, 3.8) is 0 Å². The highest BCUT2D eigenvalue weighted by Gasteiger charge is 2.17. The third-order valence-corrected chi connectivity index (χ3v) is 5.42. The molecule has 2 N–H and O–H groups in total. The molecule has 0 saturated heterocycles. The van der Waals surface area contributed by atoms with E-state index in [0.717, 1.165) is 23.4 Å². The van der Waals surface area contributed by atoms with E-state index in [-0.39, 0.29) is 24.1 Å². The summed E-state index contributed by atoms with van der Waals surface area (Å²) in [5.74, 6) is 0.678. The lowest BCUT2D eigenvalue weighted by molar-refractivity contribution is 0.0943. The van der Waals surface area contributed by atoms with Gasteiger partial charge < -0.3 is 15.2 Å². The van der Waals surface area contributed by atoms with Gasteiger partial charge in [0.25, 0.3) is 11.8 Å². The third-order valence-electron chi connectivity index (χ3n) is 4.56. The molecule has 0 aliphatic heterocycles. The van der Waals surface area contributed by atoms with Crippen LogP contribution < -0.4 is 10.6 Å². The maximum Gasteiger partial charge on any atom is 0.272 e. The molecule has 0 aliphatic carbocycles. The predicted octanol–water partition coefficient (Wildman–Crippen LogP) is 3.03.